The van der Waals surface area contributed by atoms with E-state index in [2.05, 4.69) is 15.5 Å². The highest BCUT2D eigenvalue weighted by molar-refractivity contribution is 5.31. The number of rotatable bonds is 3. The minimum absolute atomic E-state index is 0.129. The van der Waals surface area contributed by atoms with Crippen molar-refractivity contribution in [1.82, 2.24) is 15.5 Å². The molecule has 1 unspecified atom stereocenters. The number of nitro groups is 1. The Morgan fingerprint density at radius 1 is 1.73 bits per heavy atom. The molecule has 0 saturated carbocycles. The number of aromatic amines is 1. The van der Waals surface area contributed by atoms with Gasteiger partial charge in [0, 0.05) is 13.0 Å². The van der Waals surface area contributed by atoms with Gasteiger partial charge in [-0.15, -0.1) is 5.10 Å². The molecule has 15 heavy (non-hydrogen) atoms. The molecule has 0 bridgehead atoms. The van der Waals surface area contributed by atoms with Crippen molar-refractivity contribution in [2.24, 2.45) is 0 Å². The molecule has 0 radical (unpaired) electrons. The Balaban J connectivity index is 2.16. The number of aromatic nitrogens is 2. The monoisotopic (exact) mass is 212 g/mol. The van der Waals surface area contributed by atoms with Crippen molar-refractivity contribution in [3.8, 4) is 0 Å². The van der Waals surface area contributed by atoms with Gasteiger partial charge in [0.05, 0.1) is 17.4 Å². The van der Waals surface area contributed by atoms with Gasteiger partial charge in [0.25, 0.3) is 0 Å². The first kappa shape index (κ1) is 10.1. The molecule has 1 fully saturated rings. The van der Waals surface area contributed by atoms with Gasteiger partial charge in [-0.1, -0.05) is 5.10 Å². The summed E-state index contributed by atoms with van der Waals surface area (Å²) in [4.78, 5) is 10.1. The van der Waals surface area contributed by atoms with Crippen molar-refractivity contribution in [2.75, 3.05) is 13.1 Å². The number of H-pyrrole nitrogens is 1. The standard InChI is InChI=1S/C8H12N4O3/c13-8(1-2-9-5-8)3-6-4-10-11-7(6)12(14)15/h4,9,13H,1-3,5H2,(H,10,11). The Hall–Kier alpha value is -1.47. The molecule has 1 aromatic rings. The summed E-state index contributed by atoms with van der Waals surface area (Å²) in [6.07, 6.45) is 2.26. The van der Waals surface area contributed by atoms with Crippen LogP contribution in [0.2, 0.25) is 0 Å². The molecule has 2 heterocycles. The van der Waals surface area contributed by atoms with Crippen molar-refractivity contribution in [3.05, 3.63) is 21.9 Å². The van der Waals surface area contributed by atoms with Crippen LogP contribution in [0.15, 0.2) is 6.20 Å². The van der Waals surface area contributed by atoms with Gasteiger partial charge in [-0.2, -0.15) is 0 Å². The van der Waals surface area contributed by atoms with Crippen LogP contribution in [0.1, 0.15) is 12.0 Å². The Labute approximate surface area is 85.6 Å². The lowest BCUT2D eigenvalue weighted by atomic mass is 9.95. The third kappa shape index (κ3) is 1.97. The largest absolute Gasteiger partial charge is 0.388 e. The van der Waals surface area contributed by atoms with E-state index < -0.39 is 10.5 Å². The van der Waals surface area contributed by atoms with Crippen LogP contribution < -0.4 is 5.32 Å². The normalized spacial score (nSPS) is 25.7. The quantitative estimate of drug-likeness (QED) is 0.466. The lowest BCUT2D eigenvalue weighted by Gasteiger charge is -2.19. The van der Waals surface area contributed by atoms with Gasteiger partial charge < -0.3 is 20.5 Å². The summed E-state index contributed by atoms with van der Waals surface area (Å²) in [6, 6.07) is 0. The molecular formula is C8H12N4O3. The van der Waals surface area contributed by atoms with Crippen LogP contribution in [0.5, 0.6) is 0 Å². The highest BCUT2D eigenvalue weighted by atomic mass is 16.6. The Bertz CT molecular complexity index is 370. The molecule has 0 spiro atoms. The summed E-state index contributed by atoms with van der Waals surface area (Å²) in [5.41, 5.74) is -0.430. The second kappa shape index (κ2) is 3.59. The third-order valence-corrected chi connectivity index (χ3v) is 2.62. The van der Waals surface area contributed by atoms with Gasteiger partial charge >= 0.3 is 5.82 Å². The van der Waals surface area contributed by atoms with Crippen LogP contribution in [-0.4, -0.2) is 38.9 Å². The van der Waals surface area contributed by atoms with Gasteiger partial charge in [0.2, 0.25) is 0 Å². The maximum absolute atomic E-state index is 10.6. The second-order valence-electron chi connectivity index (χ2n) is 3.83. The maximum Gasteiger partial charge on any atom is 0.345 e. The first-order valence-corrected chi connectivity index (χ1v) is 4.70. The molecule has 7 heteroatoms. The first-order chi connectivity index (χ1) is 7.11. The van der Waals surface area contributed by atoms with Crippen LogP contribution in [0.4, 0.5) is 5.82 Å². The maximum atomic E-state index is 10.6. The zero-order valence-electron chi connectivity index (χ0n) is 8.06. The molecule has 0 amide bonds. The topological polar surface area (TPSA) is 104 Å². The van der Waals surface area contributed by atoms with Crippen molar-refractivity contribution in [3.63, 3.8) is 0 Å². The molecule has 1 aliphatic heterocycles. The average molecular weight is 212 g/mol. The van der Waals surface area contributed by atoms with Gasteiger partial charge in [-0.25, -0.2) is 0 Å². The Kier molecular flexibility index (Phi) is 2.41. The number of aliphatic hydroxyl groups is 1. The van der Waals surface area contributed by atoms with E-state index >= 15 is 0 Å². The van der Waals surface area contributed by atoms with Crippen molar-refractivity contribution in [1.29, 1.82) is 0 Å². The van der Waals surface area contributed by atoms with E-state index in [1.165, 1.54) is 6.20 Å². The van der Waals surface area contributed by atoms with E-state index in [-0.39, 0.29) is 12.2 Å². The summed E-state index contributed by atoms with van der Waals surface area (Å²) in [6.45, 7) is 1.21. The van der Waals surface area contributed by atoms with Gasteiger partial charge in [-0.3, -0.25) is 0 Å². The number of hydrogen-bond donors (Lipinski definition) is 3. The SMILES string of the molecule is O=[N+]([O-])c1[nH]ncc1CC1(O)CCNC1. The van der Waals surface area contributed by atoms with Crippen LogP contribution >= 0.6 is 0 Å². The van der Waals surface area contributed by atoms with Gasteiger partial charge in [-0.05, 0) is 17.9 Å². The summed E-state index contributed by atoms with van der Waals surface area (Å²) in [5, 5.41) is 29.6. The summed E-state index contributed by atoms with van der Waals surface area (Å²) in [5.74, 6) is -0.129. The predicted octanol–water partition coefficient (Wildman–Crippen LogP) is -0.415. The molecule has 7 nitrogen and oxygen atoms in total. The number of β-amino-alcohol motifs (C(OH)–C–C–N with tert-alkyl or cyclic N) is 1. The van der Waals surface area contributed by atoms with Crippen molar-refractivity contribution < 1.29 is 10.0 Å². The number of nitrogens with zero attached hydrogens (tertiary/aromatic N) is 2. The summed E-state index contributed by atoms with van der Waals surface area (Å²) in [7, 11) is 0. The average Bonchev–Trinajstić information content (AvgIpc) is 2.75. The Morgan fingerprint density at radius 2 is 2.53 bits per heavy atom. The van der Waals surface area contributed by atoms with Crippen LogP contribution in [-0.2, 0) is 6.42 Å². The highest BCUT2D eigenvalue weighted by Crippen LogP contribution is 2.24. The van der Waals surface area contributed by atoms with Crippen LogP contribution in [0, 0.1) is 10.1 Å². The minimum Gasteiger partial charge on any atom is -0.388 e. The molecule has 1 aromatic heterocycles. The molecular weight excluding hydrogens is 200 g/mol. The smallest absolute Gasteiger partial charge is 0.345 e. The third-order valence-electron chi connectivity index (χ3n) is 2.62. The minimum atomic E-state index is -0.880. The summed E-state index contributed by atoms with van der Waals surface area (Å²) >= 11 is 0. The fourth-order valence-corrected chi connectivity index (χ4v) is 1.83. The zero-order valence-corrected chi connectivity index (χ0v) is 8.06. The summed E-state index contributed by atoms with van der Waals surface area (Å²) < 4.78 is 0. The van der Waals surface area contributed by atoms with Crippen LogP contribution in [0.3, 0.4) is 0 Å². The van der Waals surface area contributed by atoms with Crippen molar-refractivity contribution >= 4 is 5.82 Å². The van der Waals surface area contributed by atoms with Crippen molar-refractivity contribution in [2.45, 2.75) is 18.4 Å². The van der Waals surface area contributed by atoms with E-state index in [0.717, 1.165) is 6.54 Å². The second-order valence-corrected chi connectivity index (χ2v) is 3.83. The number of nitrogens with one attached hydrogen (secondary N) is 2. The first-order valence-electron chi connectivity index (χ1n) is 4.70. The zero-order chi connectivity index (χ0) is 10.9. The lowest BCUT2D eigenvalue weighted by Crippen LogP contribution is -2.33. The van der Waals surface area contributed by atoms with Gasteiger partial charge in [0.15, 0.2) is 0 Å². The van der Waals surface area contributed by atoms with E-state index in [1.807, 2.05) is 0 Å². The predicted molar refractivity (Wildman–Crippen MR) is 51.4 cm³/mol. The molecule has 2 rings (SSSR count). The molecule has 82 valence electrons. The van der Waals surface area contributed by atoms with E-state index in [9.17, 15) is 15.2 Å². The Morgan fingerprint density at radius 3 is 3.13 bits per heavy atom. The van der Waals surface area contributed by atoms with Gasteiger partial charge in [0.1, 0.15) is 0 Å². The fraction of sp³-hybridized carbons (Fsp3) is 0.625. The molecule has 1 aliphatic rings. The van der Waals surface area contributed by atoms with Crippen LogP contribution in [0.25, 0.3) is 0 Å². The van der Waals surface area contributed by atoms with E-state index in [1.54, 1.807) is 0 Å². The molecule has 0 aromatic carbocycles. The highest BCUT2D eigenvalue weighted by Gasteiger charge is 2.34. The molecule has 1 saturated heterocycles. The lowest BCUT2D eigenvalue weighted by molar-refractivity contribution is -0.390. The number of hydrogen-bond acceptors (Lipinski definition) is 5. The fourth-order valence-electron chi connectivity index (χ4n) is 1.83. The van der Waals surface area contributed by atoms with E-state index in [0.29, 0.717) is 18.5 Å². The van der Waals surface area contributed by atoms with E-state index in [4.69, 9.17) is 0 Å². The molecule has 0 aliphatic carbocycles. The molecule has 1 atom stereocenters. The molecule has 3 N–H and O–H groups in total.